The molecule has 0 aromatic heterocycles. The highest BCUT2D eigenvalue weighted by molar-refractivity contribution is 6.04. The van der Waals surface area contributed by atoms with Crippen molar-refractivity contribution in [3.63, 3.8) is 0 Å². The quantitative estimate of drug-likeness (QED) is 0.881. The number of nitrogens with zero attached hydrogens (tertiary/aromatic N) is 1. The van der Waals surface area contributed by atoms with Crippen LogP contribution in [0.2, 0.25) is 0 Å². The van der Waals surface area contributed by atoms with E-state index in [0.29, 0.717) is 13.0 Å². The Morgan fingerprint density at radius 3 is 2.58 bits per heavy atom. The Morgan fingerprint density at radius 1 is 0.958 bits per heavy atom. The molecule has 1 fully saturated rings. The molecule has 1 unspecified atom stereocenters. The third-order valence-corrected chi connectivity index (χ3v) is 4.89. The van der Waals surface area contributed by atoms with Crippen LogP contribution in [-0.2, 0) is 30.6 Å². The fraction of sp³-hybridized carbons (Fsp3) is 0.300. The maximum atomic E-state index is 12.6. The van der Waals surface area contributed by atoms with Gasteiger partial charge in [0.15, 0.2) is 0 Å². The van der Waals surface area contributed by atoms with Crippen molar-refractivity contribution < 1.29 is 9.59 Å². The first-order valence-corrected chi connectivity index (χ1v) is 8.47. The average Bonchev–Trinajstić information content (AvgIpc) is 3.16. The summed E-state index contributed by atoms with van der Waals surface area (Å²) in [4.78, 5) is 26.2. The largest absolute Gasteiger partial charge is 0.325 e. The Kier molecular flexibility index (Phi) is 3.81. The lowest BCUT2D eigenvalue weighted by Gasteiger charge is -2.14. The summed E-state index contributed by atoms with van der Waals surface area (Å²) in [6.45, 7) is 0.350. The molecule has 4 rings (SSSR count). The zero-order chi connectivity index (χ0) is 16.5. The van der Waals surface area contributed by atoms with E-state index in [0.717, 1.165) is 24.0 Å². The number of aryl methyl sites for hydroxylation is 2. The van der Waals surface area contributed by atoms with Crippen LogP contribution in [0.5, 0.6) is 0 Å². The number of rotatable bonds is 4. The highest BCUT2D eigenvalue weighted by Gasteiger charge is 2.37. The molecule has 122 valence electrons. The van der Waals surface area contributed by atoms with Gasteiger partial charge in [0.1, 0.15) is 6.04 Å². The van der Waals surface area contributed by atoms with Crippen molar-refractivity contribution in [1.82, 2.24) is 10.2 Å². The number of imide groups is 1. The first-order chi connectivity index (χ1) is 11.7. The lowest BCUT2D eigenvalue weighted by atomic mass is 10.0. The van der Waals surface area contributed by atoms with Gasteiger partial charge in [0.05, 0.1) is 6.54 Å². The molecule has 1 atom stereocenters. The second kappa shape index (κ2) is 6.11. The molecule has 1 aliphatic carbocycles. The third kappa shape index (κ3) is 2.80. The number of nitrogens with one attached hydrogen (secondary N) is 1. The van der Waals surface area contributed by atoms with E-state index in [1.807, 2.05) is 36.4 Å². The van der Waals surface area contributed by atoms with E-state index in [1.165, 1.54) is 22.4 Å². The predicted octanol–water partition coefficient (Wildman–Crippen LogP) is 2.84. The molecule has 24 heavy (non-hydrogen) atoms. The van der Waals surface area contributed by atoms with Crippen LogP contribution in [-0.4, -0.2) is 22.9 Å². The summed E-state index contributed by atoms with van der Waals surface area (Å²) < 4.78 is 0. The molecular weight excluding hydrogens is 300 g/mol. The first kappa shape index (κ1) is 14.9. The summed E-state index contributed by atoms with van der Waals surface area (Å²) in [5, 5.41) is 2.81. The molecule has 2 aromatic rings. The monoisotopic (exact) mass is 320 g/mol. The van der Waals surface area contributed by atoms with E-state index in [9.17, 15) is 9.59 Å². The molecule has 1 heterocycles. The lowest BCUT2D eigenvalue weighted by molar-refractivity contribution is -0.127. The number of urea groups is 1. The SMILES string of the molecule is O=C1NC(Cc2ccccc2)C(=O)N1Cc1ccc2c(c1)CCC2. The minimum absolute atomic E-state index is 0.135. The molecule has 4 nitrogen and oxygen atoms in total. The van der Waals surface area contributed by atoms with Gasteiger partial charge in [-0.2, -0.15) is 0 Å². The number of carbonyl (C=O) groups is 2. The topological polar surface area (TPSA) is 49.4 Å². The van der Waals surface area contributed by atoms with Gasteiger partial charge in [-0.25, -0.2) is 4.79 Å². The molecule has 2 aliphatic rings. The zero-order valence-electron chi connectivity index (χ0n) is 13.5. The number of hydrogen-bond donors (Lipinski definition) is 1. The normalized spacial score (nSPS) is 19.5. The van der Waals surface area contributed by atoms with Gasteiger partial charge in [-0.1, -0.05) is 48.5 Å². The minimum Gasteiger partial charge on any atom is -0.325 e. The highest BCUT2D eigenvalue weighted by atomic mass is 16.2. The molecule has 0 radical (unpaired) electrons. The van der Waals surface area contributed by atoms with Gasteiger partial charge in [0.2, 0.25) is 0 Å². The van der Waals surface area contributed by atoms with E-state index in [2.05, 4.69) is 17.4 Å². The minimum atomic E-state index is -0.464. The summed E-state index contributed by atoms with van der Waals surface area (Å²) in [6.07, 6.45) is 3.96. The standard InChI is InChI=1S/C20H20N2O2/c23-19-18(12-14-5-2-1-3-6-14)21-20(24)22(19)13-15-9-10-16-7-4-8-17(16)11-15/h1-3,5-6,9-11,18H,4,7-8,12-13H2,(H,21,24). The molecular formula is C20H20N2O2. The molecule has 0 spiro atoms. The van der Waals surface area contributed by atoms with Crippen LogP contribution in [0.15, 0.2) is 48.5 Å². The Morgan fingerprint density at radius 2 is 1.75 bits per heavy atom. The molecule has 2 aromatic carbocycles. The van der Waals surface area contributed by atoms with Gasteiger partial charge >= 0.3 is 6.03 Å². The van der Waals surface area contributed by atoms with E-state index in [4.69, 9.17) is 0 Å². The van der Waals surface area contributed by atoms with Gasteiger partial charge in [-0.05, 0) is 41.5 Å². The summed E-state index contributed by atoms with van der Waals surface area (Å²) in [7, 11) is 0. The van der Waals surface area contributed by atoms with Gasteiger partial charge in [0.25, 0.3) is 5.91 Å². The first-order valence-electron chi connectivity index (χ1n) is 8.47. The van der Waals surface area contributed by atoms with Crippen LogP contribution >= 0.6 is 0 Å². The van der Waals surface area contributed by atoms with Crippen molar-refractivity contribution in [2.24, 2.45) is 0 Å². The van der Waals surface area contributed by atoms with Crippen LogP contribution in [0.25, 0.3) is 0 Å². The number of benzene rings is 2. The lowest BCUT2D eigenvalue weighted by Crippen LogP contribution is -2.32. The molecule has 4 heteroatoms. The van der Waals surface area contributed by atoms with Crippen LogP contribution in [0.4, 0.5) is 4.79 Å². The number of hydrogen-bond acceptors (Lipinski definition) is 2. The van der Waals surface area contributed by atoms with Crippen LogP contribution in [0.1, 0.15) is 28.7 Å². The smallest absolute Gasteiger partial charge is 0.325 e. The van der Waals surface area contributed by atoms with Crippen molar-refractivity contribution >= 4 is 11.9 Å². The number of fused-ring (bicyclic) bond motifs is 1. The highest BCUT2D eigenvalue weighted by Crippen LogP contribution is 2.24. The maximum absolute atomic E-state index is 12.6. The predicted molar refractivity (Wildman–Crippen MR) is 91.5 cm³/mol. The van der Waals surface area contributed by atoms with Crippen molar-refractivity contribution in [2.45, 2.75) is 38.3 Å². The summed E-state index contributed by atoms with van der Waals surface area (Å²) >= 11 is 0. The Bertz CT molecular complexity index is 785. The van der Waals surface area contributed by atoms with Crippen molar-refractivity contribution in [2.75, 3.05) is 0 Å². The van der Waals surface area contributed by atoms with Gasteiger partial charge < -0.3 is 5.32 Å². The molecule has 0 saturated carbocycles. The fourth-order valence-electron chi connectivity index (χ4n) is 3.62. The van der Waals surface area contributed by atoms with Crippen molar-refractivity contribution in [1.29, 1.82) is 0 Å². The fourth-order valence-corrected chi connectivity index (χ4v) is 3.62. The van der Waals surface area contributed by atoms with Crippen molar-refractivity contribution in [3.8, 4) is 0 Å². The van der Waals surface area contributed by atoms with E-state index in [1.54, 1.807) is 0 Å². The Hall–Kier alpha value is -2.62. The molecule has 3 amide bonds. The van der Waals surface area contributed by atoms with E-state index >= 15 is 0 Å². The van der Waals surface area contributed by atoms with Gasteiger partial charge in [0, 0.05) is 6.42 Å². The molecule has 1 N–H and O–H groups in total. The number of carbonyl (C=O) groups excluding carboxylic acids is 2. The average molecular weight is 320 g/mol. The molecule has 1 aliphatic heterocycles. The van der Waals surface area contributed by atoms with Gasteiger partial charge in [-0.3, -0.25) is 9.69 Å². The summed E-state index contributed by atoms with van der Waals surface area (Å²) in [5.74, 6) is -0.135. The second-order valence-electron chi connectivity index (χ2n) is 6.57. The maximum Gasteiger partial charge on any atom is 0.325 e. The molecule has 1 saturated heterocycles. The Labute approximate surface area is 141 Å². The summed E-state index contributed by atoms with van der Waals surface area (Å²) in [5.41, 5.74) is 4.84. The van der Waals surface area contributed by atoms with E-state index < -0.39 is 6.04 Å². The van der Waals surface area contributed by atoms with Crippen LogP contribution < -0.4 is 5.32 Å². The van der Waals surface area contributed by atoms with E-state index in [-0.39, 0.29) is 11.9 Å². The Balaban J connectivity index is 1.47. The third-order valence-electron chi connectivity index (χ3n) is 4.89. The van der Waals surface area contributed by atoms with Gasteiger partial charge in [-0.15, -0.1) is 0 Å². The van der Waals surface area contributed by atoms with Crippen LogP contribution in [0, 0.1) is 0 Å². The van der Waals surface area contributed by atoms with Crippen LogP contribution in [0.3, 0.4) is 0 Å². The van der Waals surface area contributed by atoms with Crippen molar-refractivity contribution in [3.05, 3.63) is 70.8 Å². The number of amides is 3. The summed E-state index contributed by atoms with van der Waals surface area (Å²) in [6, 6.07) is 15.3. The zero-order valence-corrected chi connectivity index (χ0v) is 13.5. The second-order valence-corrected chi connectivity index (χ2v) is 6.57. The molecule has 0 bridgehead atoms.